The monoisotopic (exact) mass is 304 g/mol. The van der Waals surface area contributed by atoms with Gasteiger partial charge in [-0.15, -0.1) is 0 Å². The molecule has 0 aromatic heterocycles. The first kappa shape index (κ1) is 16.2. The van der Waals surface area contributed by atoms with Gasteiger partial charge >= 0.3 is 5.97 Å². The smallest absolute Gasteiger partial charge is 0.303 e. The normalized spacial score (nSPS) is 12.8. The molecule has 0 spiro atoms. The molecule has 0 saturated carbocycles. The minimum Gasteiger partial charge on any atom is -0.481 e. The van der Waals surface area contributed by atoms with Crippen molar-refractivity contribution in [1.82, 2.24) is 0 Å². The van der Waals surface area contributed by atoms with Crippen LogP contribution in [0, 0.1) is 22.7 Å². The zero-order chi connectivity index (χ0) is 15.2. The van der Waals surface area contributed by atoms with Crippen LogP contribution >= 0.6 is 24.0 Å². The molecule has 1 aromatic rings. The van der Waals surface area contributed by atoms with Crippen molar-refractivity contribution in [3.05, 3.63) is 35.4 Å². The summed E-state index contributed by atoms with van der Waals surface area (Å²) < 4.78 is -0.354. The number of nitriles is 2. The fourth-order valence-corrected chi connectivity index (χ4v) is 3.02. The first-order chi connectivity index (χ1) is 9.40. The summed E-state index contributed by atoms with van der Waals surface area (Å²) in [4.78, 5) is 10.6. The maximum atomic E-state index is 10.6. The largest absolute Gasteiger partial charge is 0.481 e. The molecular weight excluding hydrogens is 292 g/mol. The van der Waals surface area contributed by atoms with Crippen LogP contribution < -0.4 is 0 Å². The van der Waals surface area contributed by atoms with Gasteiger partial charge < -0.3 is 5.11 Å². The van der Waals surface area contributed by atoms with Crippen molar-refractivity contribution >= 4 is 34.1 Å². The molecule has 1 atom stereocenters. The number of aliphatic carboxylic acids is 1. The Hall–Kier alpha value is -1.89. The maximum Gasteiger partial charge on any atom is 0.303 e. The first-order valence-corrected chi connectivity index (χ1v) is 6.99. The van der Waals surface area contributed by atoms with Crippen molar-refractivity contribution in [1.29, 1.82) is 10.5 Å². The molecule has 1 rings (SSSR count). The van der Waals surface area contributed by atoms with Crippen LogP contribution in [0.1, 0.15) is 30.9 Å². The highest BCUT2D eigenvalue weighted by Gasteiger charge is 2.27. The van der Waals surface area contributed by atoms with Crippen molar-refractivity contribution in [3.63, 3.8) is 0 Å². The lowest BCUT2D eigenvalue weighted by Gasteiger charge is -2.20. The van der Waals surface area contributed by atoms with Crippen LogP contribution in [0.5, 0.6) is 0 Å². The standard InChI is InChI=1S/C14H12N2O2S2/c1-14(9-16,7-6-12(17)18)20-13(19)11-4-2-10(8-15)3-5-11/h2-5H,6-7H2,1H3,(H,17,18). The molecule has 0 aliphatic heterocycles. The van der Waals surface area contributed by atoms with E-state index in [1.165, 1.54) is 11.8 Å². The van der Waals surface area contributed by atoms with Gasteiger partial charge in [0.15, 0.2) is 0 Å². The van der Waals surface area contributed by atoms with E-state index in [0.717, 1.165) is 5.56 Å². The van der Waals surface area contributed by atoms with Crippen molar-refractivity contribution in [2.45, 2.75) is 24.5 Å². The number of carbonyl (C=O) groups is 1. The zero-order valence-electron chi connectivity index (χ0n) is 10.8. The molecule has 1 unspecified atom stereocenters. The number of rotatable bonds is 5. The van der Waals surface area contributed by atoms with Crippen LogP contribution in [-0.2, 0) is 4.79 Å². The van der Waals surface area contributed by atoms with Crippen molar-refractivity contribution < 1.29 is 9.90 Å². The number of benzene rings is 1. The van der Waals surface area contributed by atoms with Crippen LogP contribution in [0.25, 0.3) is 0 Å². The van der Waals surface area contributed by atoms with Crippen LogP contribution in [0.4, 0.5) is 0 Å². The molecule has 0 bridgehead atoms. The lowest BCUT2D eigenvalue weighted by Crippen LogP contribution is -2.21. The number of hydrogen-bond donors (Lipinski definition) is 1. The molecule has 6 heteroatoms. The van der Waals surface area contributed by atoms with Gasteiger partial charge in [-0.05, 0) is 31.0 Å². The Bertz CT molecular complexity index is 599. The van der Waals surface area contributed by atoms with Crippen molar-refractivity contribution in [3.8, 4) is 12.1 Å². The van der Waals surface area contributed by atoms with Crippen LogP contribution in [0.2, 0.25) is 0 Å². The van der Waals surface area contributed by atoms with Gasteiger partial charge in [-0.25, -0.2) is 0 Å². The van der Waals surface area contributed by atoms with Crippen LogP contribution in [0.3, 0.4) is 0 Å². The van der Waals surface area contributed by atoms with E-state index in [0.29, 0.717) is 9.76 Å². The van der Waals surface area contributed by atoms with Crippen molar-refractivity contribution in [2.24, 2.45) is 0 Å². The lowest BCUT2D eigenvalue weighted by molar-refractivity contribution is -0.137. The number of thioether (sulfide) groups is 1. The summed E-state index contributed by atoms with van der Waals surface area (Å²) in [6, 6.07) is 10.9. The molecule has 1 N–H and O–H groups in total. The topological polar surface area (TPSA) is 84.9 Å². The minimum atomic E-state index is -0.934. The van der Waals surface area contributed by atoms with E-state index < -0.39 is 10.7 Å². The number of carboxylic acid groups (broad SMARTS) is 1. The summed E-state index contributed by atoms with van der Waals surface area (Å²) in [5.74, 6) is -0.934. The highest BCUT2D eigenvalue weighted by molar-refractivity contribution is 8.24. The quantitative estimate of drug-likeness (QED) is 0.841. The van der Waals surface area contributed by atoms with E-state index in [1.807, 2.05) is 6.07 Å². The predicted molar refractivity (Wildman–Crippen MR) is 81.3 cm³/mol. The summed E-state index contributed by atoms with van der Waals surface area (Å²) in [6.45, 7) is 1.68. The van der Waals surface area contributed by atoms with Crippen LogP contribution in [0.15, 0.2) is 24.3 Å². The van der Waals surface area contributed by atoms with E-state index in [-0.39, 0.29) is 12.8 Å². The average Bonchev–Trinajstić information content (AvgIpc) is 2.45. The van der Waals surface area contributed by atoms with E-state index in [2.05, 4.69) is 6.07 Å². The summed E-state index contributed by atoms with van der Waals surface area (Å²) in [5.41, 5.74) is 1.29. The Morgan fingerprint density at radius 2 is 2.00 bits per heavy atom. The SMILES string of the molecule is CC(C#N)(CCC(=O)O)SC(=S)c1ccc(C#N)cc1. The molecular formula is C14H12N2O2S2. The summed E-state index contributed by atoms with van der Waals surface area (Å²) in [6.07, 6.45) is 0.146. The molecule has 1 aromatic carbocycles. The molecule has 0 aliphatic carbocycles. The lowest BCUT2D eigenvalue weighted by atomic mass is 10.1. The summed E-state index contributed by atoms with van der Waals surface area (Å²) in [5, 5.41) is 26.6. The summed E-state index contributed by atoms with van der Waals surface area (Å²) >= 11 is 6.46. The second-order valence-electron chi connectivity index (χ2n) is 4.32. The van der Waals surface area contributed by atoms with E-state index >= 15 is 0 Å². The Kier molecular flexibility index (Phi) is 5.69. The molecule has 0 amide bonds. The van der Waals surface area contributed by atoms with Gasteiger partial charge in [-0.2, -0.15) is 10.5 Å². The van der Waals surface area contributed by atoms with Gasteiger partial charge in [0.1, 0.15) is 4.75 Å². The average molecular weight is 304 g/mol. The molecule has 0 fully saturated rings. The maximum absolute atomic E-state index is 10.6. The predicted octanol–water partition coefficient (Wildman–Crippen LogP) is 3.11. The highest BCUT2D eigenvalue weighted by Crippen LogP contribution is 2.33. The molecule has 0 heterocycles. The van der Waals surface area contributed by atoms with Gasteiger partial charge in [0.2, 0.25) is 0 Å². The van der Waals surface area contributed by atoms with E-state index in [9.17, 15) is 10.1 Å². The third kappa shape index (κ3) is 4.65. The molecule has 0 saturated heterocycles. The Morgan fingerprint density at radius 1 is 1.40 bits per heavy atom. The Labute approximate surface area is 127 Å². The number of carboxylic acids is 1. The molecule has 0 aliphatic rings. The fraction of sp³-hybridized carbons (Fsp3) is 0.286. The van der Waals surface area contributed by atoms with E-state index in [1.54, 1.807) is 31.2 Å². The molecule has 20 heavy (non-hydrogen) atoms. The number of hydrogen-bond acceptors (Lipinski definition) is 5. The molecule has 102 valence electrons. The number of nitrogens with zero attached hydrogens (tertiary/aromatic N) is 2. The summed E-state index contributed by atoms with van der Waals surface area (Å²) in [7, 11) is 0. The Morgan fingerprint density at radius 3 is 2.45 bits per heavy atom. The second-order valence-corrected chi connectivity index (χ2v) is 6.50. The fourth-order valence-electron chi connectivity index (χ4n) is 1.42. The van der Waals surface area contributed by atoms with Gasteiger partial charge in [0.05, 0.1) is 21.9 Å². The van der Waals surface area contributed by atoms with Gasteiger partial charge in [0.25, 0.3) is 0 Å². The second kappa shape index (κ2) is 7.04. The van der Waals surface area contributed by atoms with Crippen LogP contribution in [-0.4, -0.2) is 20.0 Å². The third-order valence-corrected chi connectivity index (χ3v) is 4.27. The van der Waals surface area contributed by atoms with Gasteiger partial charge in [-0.3, -0.25) is 4.79 Å². The zero-order valence-corrected chi connectivity index (χ0v) is 12.4. The van der Waals surface area contributed by atoms with Crippen molar-refractivity contribution in [2.75, 3.05) is 0 Å². The highest BCUT2D eigenvalue weighted by atomic mass is 32.2. The Balaban J connectivity index is 2.79. The van der Waals surface area contributed by atoms with Gasteiger partial charge in [-0.1, -0.05) is 36.1 Å². The third-order valence-electron chi connectivity index (χ3n) is 2.62. The molecule has 4 nitrogen and oxygen atoms in total. The molecule has 0 radical (unpaired) electrons. The van der Waals surface area contributed by atoms with Gasteiger partial charge in [0, 0.05) is 6.42 Å². The number of thiocarbonyl (C=S) groups is 1. The van der Waals surface area contributed by atoms with E-state index in [4.69, 9.17) is 22.6 Å². The first-order valence-electron chi connectivity index (χ1n) is 5.77. The minimum absolute atomic E-state index is 0.0763.